The van der Waals surface area contributed by atoms with Gasteiger partial charge in [0.15, 0.2) is 0 Å². The van der Waals surface area contributed by atoms with Gasteiger partial charge in [-0.2, -0.15) is 0 Å². The Morgan fingerprint density at radius 1 is 1.19 bits per heavy atom. The Balaban J connectivity index is 1.94. The normalized spacial score (nSPS) is 11.1. The Labute approximate surface area is 124 Å². The lowest BCUT2D eigenvalue weighted by atomic mass is 10.2. The first-order valence-corrected chi connectivity index (χ1v) is 7.47. The van der Waals surface area contributed by atoms with E-state index in [4.69, 9.17) is 5.73 Å². The molecule has 0 aliphatic carbocycles. The number of nitrogen functional groups attached to an aromatic ring is 1. The summed E-state index contributed by atoms with van der Waals surface area (Å²) >= 11 is 0. The van der Waals surface area contributed by atoms with Gasteiger partial charge in [-0.3, -0.25) is 0 Å². The number of aryl methyl sites for hydroxylation is 1. The Morgan fingerprint density at radius 3 is 2.86 bits per heavy atom. The molecule has 0 spiro atoms. The number of hydrogen-bond donors (Lipinski definition) is 2. The number of para-hydroxylation sites is 1. The van der Waals surface area contributed by atoms with Gasteiger partial charge in [0.05, 0.1) is 17.6 Å². The summed E-state index contributed by atoms with van der Waals surface area (Å²) in [6.07, 6.45) is 6.14. The topological polar surface area (TPSA) is 67.6 Å². The molecule has 0 aliphatic heterocycles. The Bertz CT molecular complexity index is 712. The number of aromatic amines is 1. The number of benzene rings is 1. The van der Waals surface area contributed by atoms with E-state index in [1.165, 1.54) is 12.8 Å². The number of rotatable bonds is 5. The Hall–Kier alpha value is -2.36. The fraction of sp³-hybridized carbons (Fsp3) is 0.294. The number of nitrogens with one attached hydrogen (secondary N) is 1. The Kier molecular flexibility index (Phi) is 3.86. The third kappa shape index (κ3) is 2.89. The highest BCUT2D eigenvalue weighted by molar-refractivity contribution is 5.87. The lowest BCUT2D eigenvalue weighted by Crippen LogP contribution is -2.01. The number of nitrogens with zero attached hydrogens (tertiary/aromatic N) is 2. The van der Waals surface area contributed by atoms with Crippen LogP contribution in [0.1, 0.15) is 32.0 Å². The summed E-state index contributed by atoms with van der Waals surface area (Å²) in [5, 5.41) is 1.16. The van der Waals surface area contributed by atoms with Crippen LogP contribution in [0.5, 0.6) is 0 Å². The summed E-state index contributed by atoms with van der Waals surface area (Å²) in [5.74, 6) is 0.867. The molecule has 2 aromatic heterocycles. The molecule has 0 unspecified atom stereocenters. The van der Waals surface area contributed by atoms with Gasteiger partial charge in [0.1, 0.15) is 11.5 Å². The highest BCUT2D eigenvalue weighted by atomic mass is 14.9. The average molecular weight is 280 g/mol. The van der Waals surface area contributed by atoms with Gasteiger partial charge >= 0.3 is 0 Å². The maximum absolute atomic E-state index is 6.05. The quantitative estimate of drug-likeness (QED) is 0.696. The molecule has 0 saturated carbocycles. The molecule has 3 rings (SSSR count). The standard InChI is InChI=1S/C17H20N4/c1-2-3-4-9-16-19-11-13(18)17(21-16)15-10-12-7-5-6-8-14(12)20-15/h5-8,10-11,20H,2-4,9,18H2,1H3. The van der Waals surface area contributed by atoms with Crippen LogP contribution < -0.4 is 5.73 Å². The fourth-order valence-corrected chi connectivity index (χ4v) is 2.50. The highest BCUT2D eigenvalue weighted by Gasteiger charge is 2.10. The smallest absolute Gasteiger partial charge is 0.129 e. The van der Waals surface area contributed by atoms with Gasteiger partial charge in [-0.1, -0.05) is 38.0 Å². The minimum absolute atomic E-state index is 0.612. The Morgan fingerprint density at radius 2 is 2.05 bits per heavy atom. The van der Waals surface area contributed by atoms with Crippen molar-refractivity contribution in [1.82, 2.24) is 15.0 Å². The molecular weight excluding hydrogens is 260 g/mol. The van der Waals surface area contributed by atoms with E-state index in [1.807, 2.05) is 12.1 Å². The number of hydrogen-bond acceptors (Lipinski definition) is 3. The second-order valence-electron chi connectivity index (χ2n) is 5.32. The number of unbranched alkanes of at least 4 members (excludes halogenated alkanes) is 2. The number of nitrogens with two attached hydrogens (primary N) is 1. The number of H-pyrrole nitrogens is 1. The fourth-order valence-electron chi connectivity index (χ4n) is 2.50. The van der Waals surface area contributed by atoms with Crippen molar-refractivity contribution in [2.24, 2.45) is 0 Å². The zero-order valence-corrected chi connectivity index (χ0v) is 12.3. The molecule has 0 saturated heterocycles. The van der Waals surface area contributed by atoms with Crippen LogP contribution in [0.25, 0.3) is 22.3 Å². The first-order chi connectivity index (χ1) is 10.3. The molecule has 0 fully saturated rings. The van der Waals surface area contributed by atoms with E-state index in [2.05, 4.69) is 40.1 Å². The number of fused-ring (bicyclic) bond motifs is 1. The van der Waals surface area contributed by atoms with E-state index in [0.717, 1.165) is 41.0 Å². The molecule has 3 N–H and O–H groups in total. The molecule has 1 aromatic carbocycles. The number of aromatic nitrogens is 3. The van der Waals surface area contributed by atoms with Gasteiger partial charge in [-0.05, 0) is 18.6 Å². The van der Waals surface area contributed by atoms with Gasteiger partial charge < -0.3 is 10.7 Å². The zero-order valence-electron chi connectivity index (χ0n) is 12.3. The predicted octanol–water partition coefficient (Wildman–Crippen LogP) is 3.94. The third-order valence-corrected chi connectivity index (χ3v) is 3.66. The molecule has 108 valence electrons. The van der Waals surface area contributed by atoms with Crippen molar-refractivity contribution in [3.05, 3.63) is 42.4 Å². The first-order valence-electron chi connectivity index (χ1n) is 7.47. The van der Waals surface area contributed by atoms with Crippen LogP contribution in [0.3, 0.4) is 0 Å². The van der Waals surface area contributed by atoms with Gasteiger partial charge in [-0.15, -0.1) is 0 Å². The van der Waals surface area contributed by atoms with Crippen LogP contribution in [0, 0.1) is 0 Å². The first kappa shape index (κ1) is 13.6. The van der Waals surface area contributed by atoms with Crippen LogP contribution in [0.4, 0.5) is 5.69 Å². The van der Waals surface area contributed by atoms with E-state index in [1.54, 1.807) is 6.20 Å². The molecule has 2 heterocycles. The van der Waals surface area contributed by atoms with Crippen LogP contribution >= 0.6 is 0 Å². The highest BCUT2D eigenvalue weighted by Crippen LogP contribution is 2.26. The summed E-state index contributed by atoms with van der Waals surface area (Å²) in [5.41, 5.74) is 9.51. The third-order valence-electron chi connectivity index (χ3n) is 3.66. The van der Waals surface area contributed by atoms with E-state index in [0.29, 0.717) is 5.69 Å². The van der Waals surface area contributed by atoms with Crippen molar-refractivity contribution in [3.63, 3.8) is 0 Å². The zero-order chi connectivity index (χ0) is 14.7. The van der Waals surface area contributed by atoms with Gasteiger partial charge in [0, 0.05) is 17.3 Å². The summed E-state index contributed by atoms with van der Waals surface area (Å²) < 4.78 is 0. The second kappa shape index (κ2) is 5.95. The molecule has 4 nitrogen and oxygen atoms in total. The summed E-state index contributed by atoms with van der Waals surface area (Å²) in [7, 11) is 0. The molecule has 0 radical (unpaired) electrons. The van der Waals surface area contributed by atoms with Crippen LogP contribution in [0.15, 0.2) is 36.5 Å². The van der Waals surface area contributed by atoms with Gasteiger partial charge in [0.25, 0.3) is 0 Å². The predicted molar refractivity (Wildman–Crippen MR) is 87.0 cm³/mol. The monoisotopic (exact) mass is 280 g/mol. The summed E-state index contributed by atoms with van der Waals surface area (Å²) in [6, 6.07) is 10.3. The maximum atomic E-state index is 6.05. The molecular formula is C17H20N4. The summed E-state index contributed by atoms with van der Waals surface area (Å²) in [4.78, 5) is 12.4. The molecule has 0 amide bonds. The SMILES string of the molecule is CCCCCc1ncc(N)c(-c2cc3ccccc3[nH]2)n1. The molecule has 4 heteroatoms. The summed E-state index contributed by atoms with van der Waals surface area (Å²) in [6.45, 7) is 2.19. The minimum atomic E-state index is 0.612. The molecule has 0 atom stereocenters. The van der Waals surface area contributed by atoms with Crippen molar-refractivity contribution >= 4 is 16.6 Å². The maximum Gasteiger partial charge on any atom is 0.129 e. The van der Waals surface area contributed by atoms with Gasteiger partial charge in [-0.25, -0.2) is 9.97 Å². The lowest BCUT2D eigenvalue weighted by molar-refractivity contribution is 0.694. The van der Waals surface area contributed by atoms with Gasteiger partial charge in [0.2, 0.25) is 0 Å². The van der Waals surface area contributed by atoms with Crippen molar-refractivity contribution in [2.45, 2.75) is 32.6 Å². The lowest BCUT2D eigenvalue weighted by Gasteiger charge is -2.05. The van der Waals surface area contributed by atoms with E-state index in [-0.39, 0.29) is 0 Å². The number of anilines is 1. The molecule has 0 aliphatic rings. The van der Waals surface area contributed by atoms with Crippen molar-refractivity contribution in [2.75, 3.05) is 5.73 Å². The minimum Gasteiger partial charge on any atom is -0.396 e. The molecule has 21 heavy (non-hydrogen) atoms. The van der Waals surface area contributed by atoms with E-state index in [9.17, 15) is 0 Å². The van der Waals surface area contributed by atoms with E-state index < -0.39 is 0 Å². The van der Waals surface area contributed by atoms with Crippen molar-refractivity contribution < 1.29 is 0 Å². The van der Waals surface area contributed by atoms with E-state index >= 15 is 0 Å². The molecule has 3 aromatic rings. The molecule has 0 bridgehead atoms. The largest absolute Gasteiger partial charge is 0.396 e. The van der Waals surface area contributed by atoms with Crippen LogP contribution in [-0.4, -0.2) is 15.0 Å². The van der Waals surface area contributed by atoms with Crippen molar-refractivity contribution in [1.29, 1.82) is 0 Å². The van der Waals surface area contributed by atoms with Crippen molar-refractivity contribution in [3.8, 4) is 11.4 Å². The van der Waals surface area contributed by atoms with Crippen LogP contribution in [-0.2, 0) is 6.42 Å². The average Bonchev–Trinajstić information content (AvgIpc) is 2.93. The van der Waals surface area contributed by atoms with Crippen LogP contribution in [0.2, 0.25) is 0 Å². The second-order valence-corrected chi connectivity index (χ2v) is 5.32.